The van der Waals surface area contributed by atoms with E-state index in [0.29, 0.717) is 23.5 Å². The summed E-state index contributed by atoms with van der Waals surface area (Å²) < 4.78 is 16.8. The maximum Gasteiger partial charge on any atom is 0.128 e. The third-order valence-corrected chi connectivity index (χ3v) is 5.05. The molecular weight excluding hydrogens is 353 g/mol. The van der Waals surface area contributed by atoms with Crippen molar-refractivity contribution in [3.8, 4) is 0 Å². The Bertz CT molecular complexity index is 981. The Morgan fingerprint density at radius 2 is 2.11 bits per heavy atom. The highest BCUT2D eigenvalue weighted by Gasteiger charge is 2.13. The molecule has 1 saturated heterocycles. The molecule has 148 valence electrons. The summed E-state index contributed by atoms with van der Waals surface area (Å²) in [6.07, 6.45) is 9.60. The second-order valence-electron chi connectivity index (χ2n) is 6.95. The van der Waals surface area contributed by atoms with Crippen LogP contribution in [0.3, 0.4) is 0 Å². The number of nitrogens with two attached hydrogens (primary N) is 1. The van der Waals surface area contributed by atoms with Gasteiger partial charge in [-0.15, -0.1) is 0 Å². The van der Waals surface area contributed by atoms with Gasteiger partial charge in [0.25, 0.3) is 0 Å². The molecule has 1 aromatic heterocycles. The standard InChI is InChI=1S/C22H28FN5/c1-3-16-9-13-28(21(16)8-10-25-2)15-18-5-4-17(14-20(18)23)22(24)27-19-6-11-26-12-7-19/h3-5,8-10,13-14,19,26H,6-7,11-12,15H2,1-2H3,(H2,24,27)/b16-3-,21-8+,25-10?. The first-order chi connectivity index (χ1) is 13.6. The van der Waals surface area contributed by atoms with Crippen LogP contribution in [-0.2, 0) is 6.54 Å². The molecule has 0 bridgehead atoms. The monoisotopic (exact) mass is 381 g/mol. The molecule has 6 heteroatoms. The zero-order valence-electron chi connectivity index (χ0n) is 16.5. The maximum atomic E-state index is 14.8. The minimum absolute atomic E-state index is 0.214. The van der Waals surface area contributed by atoms with Gasteiger partial charge in [-0.3, -0.25) is 9.98 Å². The van der Waals surface area contributed by atoms with E-state index < -0.39 is 0 Å². The molecule has 28 heavy (non-hydrogen) atoms. The van der Waals surface area contributed by atoms with Crippen LogP contribution in [0.5, 0.6) is 0 Å². The molecule has 0 spiro atoms. The van der Waals surface area contributed by atoms with E-state index in [1.54, 1.807) is 19.3 Å². The highest BCUT2D eigenvalue weighted by atomic mass is 19.1. The van der Waals surface area contributed by atoms with Crippen LogP contribution in [0.2, 0.25) is 0 Å². The molecule has 0 atom stereocenters. The van der Waals surface area contributed by atoms with E-state index in [2.05, 4.69) is 15.3 Å². The van der Waals surface area contributed by atoms with Crippen LogP contribution in [0.25, 0.3) is 12.2 Å². The highest BCUT2D eigenvalue weighted by Crippen LogP contribution is 2.13. The molecule has 0 aliphatic carbocycles. The smallest absolute Gasteiger partial charge is 0.128 e. The SMILES string of the molecule is C/C=c1/ccn(Cc2ccc(C(N)=NC3CCNCC3)cc2F)/c1=C/C=NC. The first-order valence-electron chi connectivity index (χ1n) is 9.69. The molecule has 2 heterocycles. The minimum Gasteiger partial charge on any atom is -0.383 e. The van der Waals surface area contributed by atoms with Gasteiger partial charge in [-0.1, -0.05) is 18.2 Å². The van der Waals surface area contributed by atoms with Gasteiger partial charge in [-0.05, 0) is 56.3 Å². The number of nitrogens with zero attached hydrogens (tertiary/aromatic N) is 3. The third-order valence-electron chi connectivity index (χ3n) is 5.05. The van der Waals surface area contributed by atoms with Crippen molar-refractivity contribution in [2.45, 2.75) is 32.4 Å². The number of nitrogens with one attached hydrogen (secondary N) is 1. The Hall–Kier alpha value is -2.73. The number of hydrogen-bond donors (Lipinski definition) is 2. The van der Waals surface area contributed by atoms with E-state index in [1.807, 2.05) is 42.0 Å². The van der Waals surface area contributed by atoms with Gasteiger partial charge >= 0.3 is 0 Å². The number of amidine groups is 1. The molecule has 2 aromatic rings. The van der Waals surface area contributed by atoms with Gasteiger partial charge in [-0.25, -0.2) is 4.39 Å². The van der Waals surface area contributed by atoms with Crippen molar-refractivity contribution >= 4 is 24.2 Å². The summed E-state index contributed by atoms with van der Waals surface area (Å²) in [5, 5.41) is 5.40. The Morgan fingerprint density at radius 1 is 1.32 bits per heavy atom. The van der Waals surface area contributed by atoms with Gasteiger partial charge < -0.3 is 15.6 Å². The average molecular weight is 381 g/mol. The molecule has 0 amide bonds. The third kappa shape index (κ3) is 4.75. The predicted molar refractivity (Wildman–Crippen MR) is 115 cm³/mol. The first kappa shape index (κ1) is 20.0. The minimum atomic E-state index is -0.271. The molecule has 0 unspecified atom stereocenters. The van der Waals surface area contributed by atoms with E-state index in [9.17, 15) is 4.39 Å². The number of piperidine rings is 1. The molecule has 1 aliphatic heterocycles. The Balaban J connectivity index is 1.84. The van der Waals surface area contributed by atoms with E-state index in [4.69, 9.17) is 5.73 Å². The number of hydrogen-bond acceptors (Lipinski definition) is 3. The largest absolute Gasteiger partial charge is 0.383 e. The lowest BCUT2D eigenvalue weighted by Gasteiger charge is -2.19. The number of aromatic nitrogens is 1. The lowest BCUT2D eigenvalue weighted by Crippen LogP contribution is -2.31. The highest BCUT2D eigenvalue weighted by molar-refractivity contribution is 5.97. The molecule has 1 fully saturated rings. The van der Waals surface area contributed by atoms with Gasteiger partial charge in [0, 0.05) is 35.9 Å². The zero-order valence-corrected chi connectivity index (χ0v) is 16.5. The summed E-state index contributed by atoms with van der Waals surface area (Å²) in [7, 11) is 1.73. The molecule has 1 aliphatic rings. The molecule has 0 saturated carbocycles. The Kier molecular flexibility index (Phi) is 6.76. The number of benzene rings is 1. The van der Waals surface area contributed by atoms with Crippen LogP contribution >= 0.6 is 0 Å². The van der Waals surface area contributed by atoms with Crippen molar-refractivity contribution in [2.24, 2.45) is 15.7 Å². The van der Waals surface area contributed by atoms with E-state index in [-0.39, 0.29) is 11.9 Å². The van der Waals surface area contributed by atoms with Crippen molar-refractivity contribution < 1.29 is 4.39 Å². The Labute approximate surface area is 165 Å². The molecule has 3 rings (SSSR count). The second kappa shape index (κ2) is 9.46. The Morgan fingerprint density at radius 3 is 2.79 bits per heavy atom. The molecule has 5 nitrogen and oxygen atoms in total. The van der Waals surface area contributed by atoms with Crippen molar-refractivity contribution in [3.05, 3.63) is 58.0 Å². The second-order valence-corrected chi connectivity index (χ2v) is 6.95. The summed E-state index contributed by atoms with van der Waals surface area (Å²) >= 11 is 0. The molecular formula is C22H28FN5. The van der Waals surface area contributed by atoms with Gasteiger partial charge in [0.15, 0.2) is 0 Å². The van der Waals surface area contributed by atoms with Gasteiger partial charge in [0.2, 0.25) is 0 Å². The summed E-state index contributed by atoms with van der Waals surface area (Å²) in [4.78, 5) is 8.60. The van der Waals surface area contributed by atoms with E-state index in [1.165, 1.54) is 6.07 Å². The van der Waals surface area contributed by atoms with Crippen molar-refractivity contribution in [1.82, 2.24) is 9.88 Å². The molecule has 3 N–H and O–H groups in total. The fraction of sp³-hybridized carbons (Fsp3) is 0.364. The topological polar surface area (TPSA) is 67.7 Å². The van der Waals surface area contributed by atoms with Gasteiger partial charge in [0.05, 0.1) is 12.6 Å². The fourth-order valence-corrected chi connectivity index (χ4v) is 3.45. The first-order valence-corrected chi connectivity index (χ1v) is 9.69. The van der Waals surface area contributed by atoms with Crippen LogP contribution in [-0.4, -0.2) is 42.8 Å². The van der Waals surface area contributed by atoms with E-state index >= 15 is 0 Å². The lowest BCUT2D eigenvalue weighted by molar-refractivity contribution is 0.459. The van der Waals surface area contributed by atoms with Crippen LogP contribution in [0.1, 0.15) is 30.9 Å². The number of aliphatic imine (C=N–C) groups is 2. The number of rotatable bonds is 5. The summed E-state index contributed by atoms with van der Waals surface area (Å²) in [5.41, 5.74) is 7.38. The fourth-order valence-electron chi connectivity index (χ4n) is 3.45. The normalized spacial score (nSPS) is 17.8. The van der Waals surface area contributed by atoms with Gasteiger partial charge in [0.1, 0.15) is 11.7 Å². The van der Waals surface area contributed by atoms with Crippen molar-refractivity contribution in [3.63, 3.8) is 0 Å². The summed E-state index contributed by atoms with van der Waals surface area (Å²) in [6.45, 7) is 4.32. The quantitative estimate of drug-likeness (QED) is 0.608. The predicted octanol–water partition coefficient (Wildman–Crippen LogP) is 1.41. The van der Waals surface area contributed by atoms with Crippen LogP contribution in [0, 0.1) is 5.82 Å². The maximum absolute atomic E-state index is 14.8. The number of halogens is 1. The summed E-state index contributed by atoms with van der Waals surface area (Å²) in [5.74, 6) is 0.140. The zero-order chi connectivity index (χ0) is 19.9. The lowest BCUT2D eigenvalue weighted by atomic mass is 10.1. The molecule has 1 aromatic carbocycles. The molecule has 0 radical (unpaired) electrons. The van der Waals surface area contributed by atoms with E-state index in [0.717, 1.165) is 36.5 Å². The van der Waals surface area contributed by atoms with Crippen LogP contribution < -0.4 is 21.6 Å². The van der Waals surface area contributed by atoms with Gasteiger partial charge in [-0.2, -0.15) is 0 Å². The summed E-state index contributed by atoms with van der Waals surface area (Å²) in [6, 6.07) is 7.37. The van der Waals surface area contributed by atoms with Crippen molar-refractivity contribution in [2.75, 3.05) is 20.1 Å². The van der Waals surface area contributed by atoms with Crippen molar-refractivity contribution in [1.29, 1.82) is 0 Å². The van der Waals surface area contributed by atoms with Crippen LogP contribution in [0.4, 0.5) is 4.39 Å². The van der Waals surface area contributed by atoms with Crippen LogP contribution in [0.15, 0.2) is 40.4 Å². The average Bonchev–Trinajstić information content (AvgIpc) is 3.10.